The normalized spacial score (nSPS) is 35.3. The van der Waals surface area contributed by atoms with Crippen LogP contribution in [0.1, 0.15) is 22.8 Å². The molecule has 2 aliphatic heterocycles. The van der Waals surface area contributed by atoms with E-state index >= 15 is 0 Å². The third-order valence-corrected chi connectivity index (χ3v) is 10.4. The van der Waals surface area contributed by atoms with Crippen LogP contribution in [0, 0.1) is 29.6 Å². The van der Waals surface area contributed by atoms with Gasteiger partial charge in [-0.3, -0.25) is 24.1 Å². The monoisotopic (exact) mass is 520 g/mol. The summed E-state index contributed by atoms with van der Waals surface area (Å²) in [6.07, 6.45) is 0.791. The molecule has 7 nitrogen and oxygen atoms in total. The second-order valence-electron chi connectivity index (χ2n) is 8.67. The van der Waals surface area contributed by atoms with Gasteiger partial charge in [-0.2, -0.15) is 0 Å². The number of aliphatic carboxylic acids is 1. The predicted molar refractivity (Wildman–Crippen MR) is 117 cm³/mol. The molecule has 4 aliphatic rings. The Bertz CT molecular complexity index is 1210. The highest BCUT2D eigenvalue weighted by molar-refractivity contribution is 9.10. The van der Waals surface area contributed by atoms with Crippen molar-refractivity contribution in [2.24, 2.45) is 29.6 Å². The maximum atomic E-state index is 13.1. The molecule has 7 atom stereocenters. The largest absolute Gasteiger partial charge is 0.480 e. The molecule has 2 saturated carbocycles. The zero-order chi connectivity index (χ0) is 21.6. The molecule has 3 heterocycles. The van der Waals surface area contributed by atoms with Crippen LogP contribution >= 0.6 is 39.0 Å². The lowest BCUT2D eigenvalue weighted by atomic mass is 9.68. The molecule has 2 aliphatic carbocycles. The molecule has 2 N–H and O–H groups in total. The third kappa shape index (κ3) is 2.70. The minimum Gasteiger partial charge on any atom is -0.480 e. The fourth-order valence-corrected chi connectivity index (χ4v) is 9.75. The number of aromatic nitrogens is 1. The molecule has 6 unspecified atom stereocenters. The standard InChI is InChI=1S/C21H17BrN2O5S2/c22-8-3-1-2-7(4-8)12-13-9-5-10(16(13)30-18-17(12)31-21(29)23-18)15-14(9)19(27)24(20(15)28)6-11(25)26/h1-4,9-10,12-16H,5-6H2,(H,23,29)(H,25,26)/t9?,10?,12-,13?,14?,15?,16?/m1/s1. The summed E-state index contributed by atoms with van der Waals surface area (Å²) in [6.45, 7) is -0.567. The van der Waals surface area contributed by atoms with Gasteiger partial charge < -0.3 is 10.1 Å². The highest BCUT2D eigenvalue weighted by atomic mass is 79.9. The van der Waals surface area contributed by atoms with Crippen molar-refractivity contribution in [3.8, 4) is 0 Å². The number of imide groups is 1. The van der Waals surface area contributed by atoms with Gasteiger partial charge in [0.05, 0.1) is 16.9 Å². The van der Waals surface area contributed by atoms with Gasteiger partial charge in [-0.1, -0.05) is 39.4 Å². The topological polar surface area (TPSA) is 108 Å². The number of hydrogen-bond donors (Lipinski definition) is 2. The first-order valence-corrected chi connectivity index (χ1v) is 12.6. The minimum absolute atomic E-state index is 0.00271. The molecule has 2 aromatic rings. The fraction of sp³-hybridized carbons (Fsp3) is 0.429. The fourth-order valence-electron chi connectivity index (χ4n) is 6.44. The molecule has 1 aromatic carbocycles. The number of H-pyrrole nitrogens is 1. The van der Waals surface area contributed by atoms with E-state index in [2.05, 4.69) is 33.0 Å². The van der Waals surface area contributed by atoms with Gasteiger partial charge in [0.15, 0.2) is 0 Å². The molecule has 0 spiro atoms. The van der Waals surface area contributed by atoms with Crippen molar-refractivity contribution in [1.82, 2.24) is 9.88 Å². The SMILES string of the molecule is O=C(O)CN1C(=O)C2C3CC(C2C1=O)C1C3Sc2[nH]c(=O)sc2[C@@H]1c1cccc(Br)c1. The van der Waals surface area contributed by atoms with E-state index in [1.807, 2.05) is 12.1 Å². The number of amides is 2. The molecule has 31 heavy (non-hydrogen) atoms. The number of nitrogens with one attached hydrogen (secondary N) is 1. The van der Waals surface area contributed by atoms with Gasteiger partial charge in [0, 0.05) is 20.5 Å². The van der Waals surface area contributed by atoms with E-state index in [9.17, 15) is 24.3 Å². The highest BCUT2D eigenvalue weighted by Gasteiger charge is 2.69. The Morgan fingerprint density at radius 1 is 1.19 bits per heavy atom. The molecular formula is C21H17BrN2O5S2. The summed E-state index contributed by atoms with van der Waals surface area (Å²) in [5.41, 5.74) is 1.09. The van der Waals surface area contributed by atoms with E-state index in [0.717, 1.165) is 31.3 Å². The molecular weight excluding hydrogens is 504 g/mol. The first-order chi connectivity index (χ1) is 14.8. The van der Waals surface area contributed by atoms with E-state index in [0.29, 0.717) is 0 Å². The molecule has 2 amide bonds. The molecule has 6 rings (SSSR count). The Hall–Kier alpha value is -1.91. The quantitative estimate of drug-likeness (QED) is 0.602. The maximum Gasteiger partial charge on any atom is 0.323 e. The van der Waals surface area contributed by atoms with Crippen LogP contribution in [-0.2, 0) is 14.4 Å². The number of halogens is 1. The summed E-state index contributed by atoms with van der Waals surface area (Å²) in [5.74, 6) is -2.66. The highest BCUT2D eigenvalue weighted by Crippen LogP contribution is 2.68. The van der Waals surface area contributed by atoms with Crippen molar-refractivity contribution >= 4 is 56.8 Å². The smallest absolute Gasteiger partial charge is 0.323 e. The van der Waals surface area contributed by atoms with Crippen LogP contribution in [0.4, 0.5) is 0 Å². The summed E-state index contributed by atoms with van der Waals surface area (Å²) in [5, 5.41) is 10.1. The summed E-state index contributed by atoms with van der Waals surface area (Å²) in [7, 11) is 0. The van der Waals surface area contributed by atoms with Crippen molar-refractivity contribution in [3.05, 3.63) is 48.8 Å². The Morgan fingerprint density at radius 2 is 1.94 bits per heavy atom. The van der Waals surface area contributed by atoms with E-state index in [1.54, 1.807) is 11.8 Å². The lowest BCUT2D eigenvalue weighted by Gasteiger charge is -2.43. The van der Waals surface area contributed by atoms with Crippen LogP contribution < -0.4 is 4.87 Å². The van der Waals surface area contributed by atoms with Crippen LogP contribution in [0.5, 0.6) is 0 Å². The zero-order valence-corrected chi connectivity index (χ0v) is 19.2. The number of carbonyl (C=O) groups excluding carboxylic acids is 2. The second kappa shape index (κ2) is 6.79. The summed E-state index contributed by atoms with van der Waals surface area (Å²) in [6, 6.07) is 8.05. The number of carbonyl (C=O) groups is 3. The maximum absolute atomic E-state index is 13.1. The molecule has 3 fully saturated rings. The number of aromatic amines is 1. The van der Waals surface area contributed by atoms with Crippen molar-refractivity contribution < 1.29 is 19.5 Å². The minimum atomic E-state index is -1.17. The summed E-state index contributed by atoms with van der Waals surface area (Å²) < 4.78 is 0.949. The van der Waals surface area contributed by atoms with E-state index in [-0.39, 0.29) is 45.6 Å². The Labute approximate surface area is 193 Å². The van der Waals surface area contributed by atoms with Gasteiger partial charge in [-0.05, 0) is 41.9 Å². The molecule has 1 saturated heterocycles. The van der Waals surface area contributed by atoms with Crippen molar-refractivity contribution in [2.75, 3.05) is 6.54 Å². The molecule has 10 heteroatoms. The van der Waals surface area contributed by atoms with Gasteiger partial charge in [-0.25, -0.2) is 0 Å². The van der Waals surface area contributed by atoms with Gasteiger partial charge in [-0.15, -0.1) is 11.8 Å². The van der Waals surface area contributed by atoms with Crippen LogP contribution in [0.2, 0.25) is 0 Å². The van der Waals surface area contributed by atoms with Gasteiger partial charge in [0.25, 0.3) is 0 Å². The molecule has 1 aromatic heterocycles. The number of carboxylic acids is 1. The number of nitrogens with zero attached hydrogens (tertiary/aromatic N) is 1. The lowest BCUT2D eigenvalue weighted by Crippen LogP contribution is -2.42. The third-order valence-electron chi connectivity index (χ3n) is 7.32. The van der Waals surface area contributed by atoms with E-state index in [4.69, 9.17) is 0 Å². The Morgan fingerprint density at radius 3 is 2.65 bits per heavy atom. The number of hydrogen-bond acceptors (Lipinski definition) is 6. The summed E-state index contributed by atoms with van der Waals surface area (Å²) in [4.78, 5) is 54.4. The Balaban J connectivity index is 1.46. The number of thiazole rings is 1. The molecule has 2 bridgehead atoms. The average Bonchev–Trinajstić information content (AvgIpc) is 3.43. The van der Waals surface area contributed by atoms with E-state index in [1.165, 1.54) is 11.3 Å². The van der Waals surface area contributed by atoms with Crippen LogP contribution in [0.15, 0.2) is 38.6 Å². The van der Waals surface area contributed by atoms with Crippen LogP contribution in [0.3, 0.4) is 0 Å². The average molecular weight is 521 g/mol. The number of benzene rings is 1. The summed E-state index contributed by atoms with van der Waals surface area (Å²) >= 11 is 6.40. The van der Waals surface area contributed by atoms with Gasteiger partial charge in [0.2, 0.25) is 11.8 Å². The van der Waals surface area contributed by atoms with Crippen molar-refractivity contribution in [3.63, 3.8) is 0 Å². The van der Waals surface area contributed by atoms with Crippen molar-refractivity contribution in [1.29, 1.82) is 0 Å². The number of likely N-dealkylation sites (tertiary alicyclic amines) is 1. The number of thioether (sulfide) groups is 1. The van der Waals surface area contributed by atoms with E-state index < -0.39 is 24.3 Å². The number of fused-ring (bicyclic) bond motifs is 9. The lowest BCUT2D eigenvalue weighted by molar-refractivity contribution is -0.149. The van der Waals surface area contributed by atoms with Crippen LogP contribution in [-0.4, -0.2) is 44.6 Å². The van der Waals surface area contributed by atoms with Crippen LogP contribution in [0.25, 0.3) is 0 Å². The number of rotatable bonds is 3. The van der Waals surface area contributed by atoms with Crippen molar-refractivity contribution in [2.45, 2.75) is 22.6 Å². The Kier molecular flexibility index (Phi) is 4.33. The van der Waals surface area contributed by atoms with Gasteiger partial charge in [0.1, 0.15) is 6.54 Å². The second-order valence-corrected chi connectivity index (χ2v) is 11.8. The molecule has 0 radical (unpaired) electrons. The van der Waals surface area contributed by atoms with Gasteiger partial charge >= 0.3 is 10.8 Å². The predicted octanol–water partition coefficient (Wildman–Crippen LogP) is 2.76. The first kappa shape index (κ1) is 19.8. The zero-order valence-electron chi connectivity index (χ0n) is 16.0. The molecule has 160 valence electrons. The number of carboxylic acid groups (broad SMARTS) is 1. The first-order valence-electron chi connectivity index (χ1n) is 10.1.